The average Bonchev–Trinajstić information content (AvgIpc) is 3.36. The van der Waals surface area contributed by atoms with Crippen molar-refractivity contribution in [1.82, 2.24) is 9.78 Å². The van der Waals surface area contributed by atoms with Gasteiger partial charge in [0.15, 0.2) is 0 Å². The van der Waals surface area contributed by atoms with E-state index in [9.17, 15) is 4.79 Å². The molecule has 0 amide bonds. The maximum Gasteiger partial charge on any atom is 0.313 e. The number of methoxy groups -OCH3 is 1. The number of ether oxygens (including phenoxy) is 2. The summed E-state index contributed by atoms with van der Waals surface area (Å²) in [7, 11) is 1.65. The molecule has 1 atom stereocenters. The average molecular weight is 491 g/mol. The summed E-state index contributed by atoms with van der Waals surface area (Å²) in [5.41, 5.74) is 5.89. The lowest BCUT2D eigenvalue weighted by Crippen LogP contribution is -2.19. The first-order chi connectivity index (χ1) is 18.1. The Morgan fingerprint density at radius 3 is 2.38 bits per heavy atom. The van der Waals surface area contributed by atoms with Crippen molar-refractivity contribution in [2.75, 3.05) is 13.7 Å². The molecule has 0 saturated heterocycles. The monoisotopic (exact) mass is 490 g/mol. The van der Waals surface area contributed by atoms with Gasteiger partial charge in [0, 0.05) is 12.0 Å². The van der Waals surface area contributed by atoms with Crippen LogP contribution in [0.1, 0.15) is 29.7 Å². The molecule has 0 fully saturated rings. The van der Waals surface area contributed by atoms with Crippen LogP contribution in [0, 0.1) is 6.92 Å². The van der Waals surface area contributed by atoms with Crippen molar-refractivity contribution in [2.24, 2.45) is 0 Å². The Morgan fingerprint density at radius 2 is 1.65 bits per heavy atom. The van der Waals surface area contributed by atoms with Gasteiger partial charge in [-0.2, -0.15) is 5.10 Å². The molecular weight excluding hydrogens is 460 g/mol. The Hall–Kier alpha value is -4.38. The van der Waals surface area contributed by atoms with E-state index in [4.69, 9.17) is 14.6 Å². The molecule has 0 radical (unpaired) electrons. The van der Waals surface area contributed by atoms with Crippen LogP contribution in [0.2, 0.25) is 0 Å². The molecular formula is C32H30N2O3. The first-order valence-corrected chi connectivity index (χ1v) is 12.5. The summed E-state index contributed by atoms with van der Waals surface area (Å²) in [4.78, 5) is 13.3. The van der Waals surface area contributed by atoms with Crippen LogP contribution in [-0.2, 0) is 16.0 Å². The number of hydrogen-bond acceptors (Lipinski definition) is 4. The van der Waals surface area contributed by atoms with Gasteiger partial charge >= 0.3 is 5.97 Å². The van der Waals surface area contributed by atoms with E-state index in [0.29, 0.717) is 13.0 Å². The second-order valence-electron chi connectivity index (χ2n) is 9.07. The zero-order valence-electron chi connectivity index (χ0n) is 21.3. The summed E-state index contributed by atoms with van der Waals surface area (Å²) in [6.07, 6.45) is 0.425. The molecule has 0 spiro atoms. The first-order valence-electron chi connectivity index (χ1n) is 12.5. The fraction of sp³-hybridized carbons (Fsp3) is 0.188. The molecule has 1 aromatic heterocycles. The topological polar surface area (TPSA) is 53.4 Å². The van der Waals surface area contributed by atoms with E-state index in [1.54, 1.807) is 7.11 Å². The summed E-state index contributed by atoms with van der Waals surface area (Å²) in [5.74, 6) is 0.0669. The van der Waals surface area contributed by atoms with Gasteiger partial charge in [-0.3, -0.25) is 4.79 Å². The van der Waals surface area contributed by atoms with Crippen LogP contribution >= 0.6 is 0 Å². The quantitative estimate of drug-likeness (QED) is 0.222. The highest BCUT2D eigenvalue weighted by Crippen LogP contribution is 2.32. The normalized spacial score (nSPS) is 11.9. The molecule has 1 unspecified atom stereocenters. The van der Waals surface area contributed by atoms with Gasteiger partial charge in [-0.15, -0.1) is 0 Å². The number of benzene rings is 4. The number of esters is 1. The maximum atomic E-state index is 13.3. The van der Waals surface area contributed by atoms with E-state index in [1.807, 2.05) is 60.1 Å². The highest BCUT2D eigenvalue weighted by Gasteiger charge is 2.26. The predicted octanol–water partition coefficient (Wildman–Crippen LogP) is 6.90. The van der Waals surface area contributed by atoms with Gasteiger partial charge in [0.2, 0.25) is 0 Å². The van der Waals surface area contributed by atoms with E-state index >= 15 is 0 Å². The number of carbonyl (C=O) groups is 1. The molecule has 1 heterocycles. The summed E-state index contributed by atoms with van der Waals surface area (Å²) < 4.78 is 12.8. The molecule has 5 rings (SSSR count). The second-order valence-corrected chi connectivity index (χ2v) is 9.07. The van der Waals surface area contributed by atoms with Gasteiger partial charge < -0.3 is 9.47 Å². The molecule has 5 heteroatoms. The zero-order chi connectivity index (χ0) is 25.8. The maximum absolute atomic E-state index is 13.3. The summed E-state index contributed by atoms with van der Waals surface area (Å²) >= 11 is 0. The third-order valence-corrected chi connectivity index (χ3v) is 6.61. The van der Waals surface area contributed by atoms with E-state index < -0.39 is 5.92 Å². The third kappa shape index (κ3) is 5.12. The standard InChI is InChI=1S/C32H30N2O3/c1-4-37-32(35)30(29-11-7-9-23-8-5-6-10-28(23)29)20-25-21-31(24-14-12-22(2)13-15-24)34(33-25)26-16-18-27(36-3)19-17-26/h5-19,21,30H,4,20H2,1-3H3. The number of carbonyl (C=O) groups excluding carboxylic acids is 1. The molecule has 5 aromatic rings. The molecule has 0 aliphatic rings. The summed E-state index contributed by atoms with van der Waals surface area (Å²) in [6, 6.07) is 32.5. The highest BCUT2D eigenvalue weighted by atomic mass is 16.5. The van der Waals surface area contributed by atoms with Gasteiger partial charge in [0.1, 0.15) is 5.75 Å². The van der Waals surface area contributed by atoms with Crippen molar-refractivity contribution >= 4 is 16.7 Å². The minimum absolute atomic E-state index is 0.241. The fourth-order valence-electron chi connectivity index (χ4n) is 4.71. The number of rotatable bonds is 8. The Morgan fingerprint density at radius 1 is 0.919 bits per heavy atom. The van der Waals surface area contributed by atoms with Crippen molar-refractivity contribution in [3.05, 3.63) is 114 Å². The Labute approximate surface area is 217 Å². The van der Waals surface area contributed by atoms with E-state index in [2.05, 4.69) is 55.5 Å². The lowest BCUT2D eigenvalue weighted by Gasteiger charge is -2.17. The van der Waals surface area contributed by atoms with Crippen LogP contribution in [-0.4, -0.2) is 29.5 Å². The van der Waals surface area contributed by atoms with Crippen molar-refractivity contribution in [2.45, 2.75) is 26.2 Å². The number of aryl methyl sites for hydroxylation is 1. The van der Waals surface area contributed by atoms with Crippen molar-refractivity contribution in [3.63, 3.8) is 0 Å². The molecule has 0 N–H and O–H groups in total. The van der Waals surface area contributed by atoms with Gasteiger partial charge in [0.05, 0.1) is 36.7 Å². The smallest absolute Gasteiger partial charge is 0.313 e. The van der Waals surface area contributed by atoms with E-state index in [-0.39, 0.29) is 5.97 Å². The van der Waals surface area contributed by atoms with Crippen molar-refractivity contribution in [3.8, 4) is 22.7 Å². The highest BCUT2D eigenvalue weighted by molar-refractivity contribution is 5.91. The molecule has 0 bridgehead atoms. The van der Waals surface area contributed by atoms with Gasteiger partial charge in [-0.1, -0.05) is 72.3 Å². The lowest BCUT2D eigenvalue weighted by atomic mass is 9.90. The minimum Gasteiger partial charge on any atom is -0.497 e. The van der Waals surface area contributed by atoms with Crippen LogP contribution in [0.25, 0.3) is 27.7 Å². The number of hydrogen-bond donors (Lipinski definition) is 0. The largest absolute Gasteiger partial charge is 0.497 e. The molecule has 37 heavy (non-hydrogen) atoms. The van der Waals surface area contributed by atoms with Crippen LogP contribution in [0.15, 0.2) is 97.1 Å². The predicted molar refractivity (Wildman–Crippen MR) is 147 cm³/mol. The molecule has 0 aliphatic carbocycles. The first kappa shape index (κ1) is 24.3. The van der Waals surface area contributed by atoms with Crippen LogP contribution in [0.4, 0.5) is 0 Å². The zero-order valence-corrected chi connectivity index (χ0v) is 21.3. The van der Waals surface area contributed by atoms with Crippen molar-refractivity contribution in [1.29, 1.82) is 0 Å². The fourth-order valence-corrected chi connectivity index (χ4v) is 4.71. The number of fused-ring (bicyclic) bond motifs is 1. The summed E-state index contributed by atoms with van der Waals surface area (Å²) in [5, 5.41) is 7.14. The number of aromatic nitrogens is 2. The molecule has 186 valence electrons. The minimum atomic E-state index is -0.476. The van der Waals surface area contributed by atoms with Gasteiger partial charge in [0.25, 0.3) is 0 Å². The SMILES string of the molecule is CCOC(=O)C(Cc1cc(-c2ccc(C)cc2)n(-c2ccc(OC)cc2)n1)c1cccc2ccccc12. The van der Waals surface area contributed by atoms with Gasteiger partial charge in [-0.25, -0.2) is 4.68 Å². The Kier molecular flexibility index (Phi) is 7.04. The molecule has 0 aliphatic heterocycles. The number of nitrogens with zero attached hydrogens (tertiary/aromatic N) is 2. The van der Waals surface area contributed by atoms with Crippen molar-refractivity contribution < 1.29 is 14.3 Å². The summed E-state index contributed by atoms with van der Waals surface area (Å²) in [6.45, 7) is 4.24. The molecule has 0 saturated carbocycles. The Bertz CT molecular complexity index is 1510. The molecule has 5 nitrogen and oxygen atoms in total. The van der Waals surface area contributed by atoms with Crippen LogP contribution in [0.3, 0.4) is 0 Å². The van der Waals surface area contributed by atoms with Gasteiger partial charge in [-0.05, 0) is 60.5 Å². The van der Waals surface area contributed by atoms with Crippen LogP contribution < -0.4 is 4.74 Å². The third-order valence-electron chi connectivity index (χ3n) is 6.61. The van der Waals surface area contributed by atoms with Crippen LogP contribution in [0.5, 0.6) is 5.75 Å². The lowest BCUT2D eigenvalue weighted by molar-refractivity contribution is -0.144. The van der Waals surface area contributed by atoms with E-state index in [0.717, 1.165) is 44.7 Å². The second kappa shape index (κ2) is 10.7. The Balaban J connectivity index is 1.60. The van der Waals surface area contributed by atoms with E-state index in [1.165, 1.54) is 5.56 Å². The molecule has 4 aromatic carbocycles.